The molecule has 0 bridgehead atoms. The molecule has 0 aliphatic carbocycles. The SMILES string of the molecule is CCC(=O)N1C[C@@H](C)[C@H](OC)CN(C)C(=O)c2ccc(NC(=O)c3ccc(F)cc3)cc2OC[C@@H]1C. The normalized spacial score (nSPS) is 21.1. The van der Waals surface area contributed by atoms with Crippen molar-refractivity contribution < 1.29 is 28.2 Å². The van der Waals surface area contributed by atoms with Crippen LogP contribution in [-0.4, -0.2) is 73.5 Å². The van der Waals surface area contributed by atoms with Crippen LogP contribution < -0.4 is 10.1 Å². The Morgan fingerprint density at radius 2 is 1.83 bits per heavy atom. The Hall–Kier alpha value is -3.46. The number of nitrogens with one attached hydrogen (secondary N) is 1. The van der Waals surface area contributed by atoms with Crippen LogP contribution in [0.15, 0.2) is 42.5 Å². The summed E-state index contributed by atoms with van der Waals surface area (Å²) in [6, 6.07) is 9.76. The van der Waals surface area contributed by atoms with E-state index in [0.717, 1.165) is 0 Å². The largest absolute Gasteiger partial charge is 0.491 e. The lowest BCUT2D eigenvalue weighted by Gasteiger charge is -2.36. The van der Waals surface area contributed by atoms with Crippen LogP contribution in [0.3, 0.4) is 0 Å². The topological polar surface area (TPSA) is 88.2 Å². The number of benzene rings is 2. The van der Waals surface area contributed by atoms with Crippen molar-refractivity contribution in [3.8, 4) is 5.75 Å². The molecule has 1 N–H and O–H groups in total. The minimum Gasteiger partial charge on any atom is -0.491 e. The second kappa shape index (κ2) is 12.0. The number of methoxy groups -OCH3 is 1. The molecule has 8 nitrogen and oxygen atoms in total. The fraction of sp³-hybridized carbons (Fsp3) is 0.444. The molecule has 0 unspecified atom stereocenters. The second-order valence-electron chi connectivity index (χ2n) is 9.17. The van der Waals surface area contributed by atoms with E-state index < -0.39 is 11.7 Å². The molecule has 194 valence electrons. The van der Waals surface area contributed by atoms with Gasteiger partial charge in [0.05, 0.1) is 17.7 Å². The number of carbonyl (C=O) groups is 3. The fourth-order valence-electron chi connectivity index (χ4n) is 4.20. The lowest BCUT2D eigenvalue weighted by Crippen LogP contribution is -2.48. The lowest BCUT2D eigenvalue weighted by molar-refractivity contribution is -0.135. The summed E-state index contributed by atoms with van der Waals surface area (Å²) in [4.78, 5) is 42.0. The van der Waals surface area contributed by atoms with Gasteiger partial charge in [-0.3, -0.25) is 14.4 Å². The molecule has 3 atom stereocenters. The first-order chi connectivity index (χ1) is 17.1. The number of hydrogen-bond donors (Lipinski definition) is 1. The van der Waals surface area contributed by atoms with Gasteiger partial charge in [0.25, 0.3) is 11.8 Å². The van der Waals surface area contributed by atoms with E-state index >= 15 is 0 Å². The molecule has 0 aromatic heterocycles. The Bertz CT molecular complexity index is 1090. The number of halogens is 1. The molecule has 3 amide bonds. The fourth-order valence-corrected chi connectivity index (χ4v) is 4.20. The summed E-state index contributed by atoms with van der Waals surface area (Å²) in [6.07, 6.45) is 0.0971. The van der Waals surface area contributed by atoms with Crippen molar-refractivity contribution >= 4 is 23.4 Å². The molecule has 0 spiro atoms. The highest BCUT2D eigenvalue weighted by molar-refractivity contribution is 6.05. The number of likely N-dealkylation sites (N-methyl/N-ethyl adjacent to an activating group) is 1. The monoisotopic (exact) mass is 499 g/mol. The van der Waals surface area contributed by atoms with Gasteiger partial charge in [0.1, 0.15) is 18.2 Å². The zero-order chi connectivity index (χ0) is 26.4. The third-order valence-corrected chi connectivity index (χ3v) is 6.43. The van der Waals surface area contributed by atoms with Gasteiger partial charge in [-0.15, -0.1) is 0 Å². The summed E-state index contributed by atoms with van der Waals surface area (Å²) >= 11 is 0. The Morgan fingerprint density at radius 3 is 2.47 bits per heavy atom. The van der Waals surface area contributed by atoms with Crippen molar-refractivity contribution in [3.05, 3.63) is 59.4 Å². The summed E-state index contributed by atoms with van der Waals surface area (Å²) in [5.74, 6) is -0.804. The Kier molecular flexibility index (Phi) is 9.03. The van der Waals surface area contributed by atoms with Gasteiger partial charge < -0.3 is 24.6 Å². The first-order valence-electron chi connectivity index (χ1n) is 12.1. The molecule has 0 fully saturated rings. The summed E-state index contributed by atoms with van der Waals surface area (Å²) in [6.45, 7) is 6.70. The summed E-state index contributed by atoms with van der Waals surface area (Å²) in [5.41, 5.74) is 1.05. The van der Waals surface area contributed by atoms with E-state index in [4.69, 9.17) is 9.47 Å². The van der Waals surface area contributed by atoms with Crippen molar-refractivity contribution in [3.63, 3.8) is 0 Å². The molecule has 9 heteroatoms. The number of ether oxygens (including phenoxy) is 2. The van der Waals surface area contributed by atoms with E-state index in [1.807, 2.05) is 20.8 Å². The Labute approximate surface area is 211 Å². The third kappa shape index (κ3) is 6.40. The van der Waals surface area contributed by atoms with Crippen LogP contribution in [0.4, 0.5) is 10.1 Å². The lowest BCUT2D eigenvalue weighted by atomic mass is 10.0. The summed E-state index contributed by atoms with van der Waals surface area (Å²) < 4.78 is 25.0. The molecule has 1 heterocycles. The van der Waals surface area contributed by atoms with Gasteiger partial charge >= 0.3 is 0 Å². The van der Waals surface area contributed by atoms with Crippen LogP contribution in [0, 0.1) is 11.7 Å². The minimum atomic E-state index is -0.433. The molecule has 3 rings (SSSR count). The number of fused-ring (bicyclic) bond motifs is 1. The van der Waals surface area contributed by atoms with Crippen LogP contribution in [0.1, 0.15) is 47.9 Å². The zero-order valence-corrected chi connectivity index (χ0v) is 21.4. The van der Waals surface area contributed by atoms with Crippen LogP contribution in [0.5, 0.6) is 5.75 Å². The van der Waals surface area contributed by atoms with E-state index in [1.165, 1.54) is 24.3 Å². The number of nitrogens with zero attached hydrogens (tertiary/aromatic N) is 2. The van der Waals surface area contributed by atoms with Crippen LogP contribution in [0.2, 0.25) is 0 Å². The number of rotatable bonds is 4. The quantitative estimate of drug-likeness (QED) is 0.691. The van der Waals surface area contributed by atoms with Gasteiger partial charge in [-0.1, -0.05) is 13.8 Å². The molecular weight excluding hydrogens is 465 g/mol. The first kappa shape index (κ1) is 27.1. The van der Waals surface area contributed by atoms with Gasteiger partial charge in [0.15, 0.2) is 0 Å². The van der Waals surface area contributed by atoms with Crippen molar-refractivity contribution in [2.45, 2.75) is 39.3 Å². The molecule has 0 radical (unpaired) electrons. The van der Waals surface area contributed by atoms with Gasteiger partial charge in [-0.25, -0.2) is 4.39 Å². The van der Waals surface area contributed by atoms with E-state index in [1.54, 1.807) is 42.2 Å². The standard InChI is InChI=1S/C27H34FN3O5/c1-6-25(32)31-14-17(2)24(35-5)15-30(4)27(34)22-12-11-21(13-23(22)36-16-18(31)3)29-26(33)19-7-9-20(28)10-8-19/h7-13,17-18,24H,6,14-16H2,1-5H3,(H,29,33)/t17-,18+,24-/m1/s1. The summed E-state index contributed by atoms with van der Waals surface area (Å²) in [7, 11) is 3.30. The molecule has 36 heavy (non-hydrogen) atoms. The molecular formula is C27H34FN3O5. The van der Waals surface area contributed by atoms with E-state index in [2.05, 4.69) is 5.32 Å². The van der Waals surface area contributed by atoms with Crippen molar-refractivity contribution in [1.82, 2.24) is 9.80 Å². The maximum atomic E-state index is 13.3. The van der Waals surface area contributed by atoms with E-state index in [9.17, 15) is 18.8 Å². The zero-order valence-electron chi connectivity index (χ0n) is 21.4. The molecule has 1 aliphatic heterocycles. The van der Waals surface area contributed by atoms with Crippen LogP contribution in [0.25, 0.3) is 0 Å². The average molecular weight is 500 g/mol. The maximum Gasteiger partial charge on any atom is 0.257 e. The molecule has 2 aromatic rings. The third-order valence-electron chi connectivity index (χ3n) is 6.43. The number of carbonyl (C=O) groups excluding carboxylic acids is 3. The van der Waals surface area contributed by atoms with Crippen LogP contribution >= 0.6 is 0 Å². The highest BCUT2D eigenvalue weighted by Gasteiger charge is 2.30. The van der Waals surface area contributed by atoms with Gasteiger partial charge in [-0.05, 0) is 43.3 Å². The number of amides is 3. The van der Waals surface area contributed by atoms with Crippen molar-refractivity contribution in [2.75, 3.05) is 39.2 Å². The molecule has 2 aromatic carbocycles. The van der Waals surface area contributed by atoms with Gasteiger partial charge in [0.2, 0.25) is 5.91 Å². The van der Waals surface area contributed by atoms with E-state index in [0.29, 0.717) is 42.1 Å². The maximum absolute atomic E-state index is 13.3. The van der Waals surface area contributed by atoms with Crippen molar-refractivity contribution in [2.24, 2.45) is 5.92 Å². The van der Waals surface area contributed by atoms with E-state index in [-0.39, 0.29) is 36.5 Å². The second-order valence-corrected chi connectivity index (χ2v) is 9.17. The molecule has 0 saturated carbocycles. The predicted molar refractivity (Wildman–Crippen MR) is 135 cm³/mol. The predicted octanol–water partition coefficient (Wildman–Crippen LogP) is 3.82. The minimum absolute atomic E-state index is 0.00820. The Morgan fingerprint density at radius 1 is 1.14 bits per heavy atom. The molecule has 1 aliphatic rings. The highest BCUT2D eigenvalue weighted by Crippen LogP contribution is 2.27. The van der Waals surface area contributed by atoms with Gasteiger partial charge in [-0.2, -0.15) is 0 Å². The smallest absolute Gasteiger partial charge is 0.257 e. The highest BCUT2D eigenvalue weighted by atomic mass is 19.1. The average Bonchev–Trinajstić information content (AvgIpc) is 2.87. The number of anilines is 1. The van der Waals surface area contributed by atoms with Crippen LogP contribution in [-0.2, 0) is 9.53 Å². The number of hydrogen-bond acceptors (Lipinski definition) is 5. The Balaban J connectivity index is 1.93. The molecule has 0 saturated heterocycles. The van der Waals surface area contributed by atoms with Crippen molar-refractivity contribution in [1.29, 1.82) is 0 Å². The van der Waals surface area contributed by atoms with Gasteiger partial charge in [0, 0.05) is 56.9 Å². The summed E-state index contributed by atoms with van der Waals surface area (Å²) in [5, 5.41) is 2.76. The first-order valence-corrected chi connectivity index (χ1v) is 12.1.